The zero-order valence-corrected chi connectivity index (χ0v) is 20.2. The number of hydrogen-bond acceptors (Lipinski definition) is 5. The lowest BCUT2D eigenvalue weighted by Gasteiger charge is -2.05. The quantitative estimate of drug-likeness (QED) is 0.530. The number of rotatable bonds is 4. The van der Waals surface area contributed by atoms with Crippen molar-refractivity contribution in [2.75, 3.05) is 0 Å². The van der Waals surface area contributed by atoms with Crippen molar-refractivity contribution in [2.45, 2.75) is 41.5 Å². The van der Waals surface area contributed by atoms with Crippen LogP contribution >= 0.6 is 24.3 Å². The lowest BCUT2D eigenvalue weighted by Crippen LogP contribution is -1.81. The third-order valence-corrected chi connectivity index (χ3v) is 6.21. The molecule has 0 amide bonds. The van der Waals surface area contributed by atoms with Crippen LogP contribution in [0.3, 0.4) is 0 Å². The predicted octanol–water partition coefficient (Wildman–Crippen LogP) is 5.11. The standard InChI is InChI=1S/2C9H12.H5O8P3/c2*1-7-4-8(2)6-9(3)5-7;1-9(2)7-11(5,6)8-10(3)4/h2*4-6H,1-3H3;9-10H,(H,1,2)(H,3,4)(H,5,6). The molecule has 0 radical (unpaired) electrons. The Morgan fingerprint density at radius 1 is 0.621 bits per heavy atom. The molecular formula is C18H29O8P3. The van der Waals surface area contributed by atoms with Crippen LogP contribution in [0.1, 0.15) is 33.4 Å². The monoisotopic (exact) mass is 466 g/mol. The highest BCUT2D eigenvalue weighted by molar-refractivity contribution is 7.60. The molecule has 2 aromatic rings. The molecule has 0 aliphatic heterocycles. The Labute approximate surface area is 173 Å². The first-order valence-corrected chi connectivity index (χ1v) is 12.5. The molecule has 0 spiro atoms. The maximum atomic E-state index is 10.3. The Kier molecular flexibility index (Phi) is 12.8. The summed E-state index contributed by atoms with van der Waals surface area (Å²) in [7, 11) is -12.2. The zero-order valence-electron chi connectivity index (χ0n) is 17.3. The lowest BCUT2D eigenvalue weighted by atomic mass is 10.1. The number of phosphoric acid groups is 1. The number of hydrogen-bond donors (Lipinski definition) is 3. The van der Waals surface area contributed by atoms with Gasteiger partial charge in [-0.05, 0) is 41.5 Å². The van der Waals surface area contributed by atoms with E-state index in [9.17, 15) is 13.7 Å². The minimum atomic E-state index is -4.84. The molecule has 0 aromatic heterocycles. The molecule has 8 nitrogen and oxygen atoms in total. The van der Waals surface area contributed by atoms with E-state index >= 15 is 0 Å². The van der Waals surface area contributed by atoms with Crippen LogP contribution in [0.2, 0.25) is 0 Å². The molecule has 2 unspecified atom stereocenters. The molecule has 0 fully saturated rings. The molecule has 11 heteroatoms. The molecule has 0 saturated heterocycles. The maximum Gasteiger partial charge on any atom is 0.486 e. The van der Waals surface area contributed by atoms with Crippen LogP contribution < -0.4 is 0 Å². The molecule has 29 heavy (non-hydrogen) atoms. The van der Waals surface area contributed by atoms with Gasteiger partial charge in [0.05, 0.1) is 0 Å². The molecule has 164 valence electrons. The summed E-state index contributed by atoms with van der Waals surface area (Å²) in [6, 6.07) is 13.1. The van der Waals surface area contributed by atoms with E-state index in [4.69, 9.17) is 14.7 Å². The van der Waals surface area contributed by atoms with E-state index in [0.29, 0.717) is 0 Å². The number of benzene rings is 2. The van der Waals surface area contributed by atoms with Crippen LogP contribution in [0, 0.1) is 41.5 Å². The van der Waals surface area contributed by atoms with Gasteiger partial charge in [-0.1, -0.05) is 69.8 Å². The predicted molar refractivity (Wildman–Crippen MR) is 116 cm³/mol. The smallest absolute Gasteiger partial charge is 0.326 e. The van der Waals surface area contributed by atoms with Gasteiger partial charge in [0.25, 0.3) is 0 Å². The Hall–Kier alpha value is -1.07. The molecule has 0 aliphatic rings. The first-order chi connectivity index (χ1) is 13.2. The molecule has 2 aromatic carbocycles. The Bertz CT molecular complexity index is 728. The van der Waals surface area contributed by atoms with E-state index in [1.807, 2.05) is 0 Å². The highest BCUT2D eigenvalue weighted by atomic mass is 31.3. The summed E-state index contributed by atoms with van der Waals surface area (Å²) in [5.74, 6) is 0. The Balaban J connectivity index is 0.000000408. The van der Waals surface area contributed by atoms with E-state index in [0.717, 1.165) is 0 Å². The van der Waals surface area contributed by atoms with E-state index in [2.05, 4.69) is 86.6 Å². The van der Waals surface area contributed by atoms with Gasteiger partial charge in [-0.25, -0.2) is 13.2 Å². The first-order valence-electron chi connectivity index (χ1n) is 8.48. The second kappa shape index (κ2) is 13.3. The summed E-state index contributed by atoms with van der Waals surface area (Å²) < 4.78 is 36.6. The van der Waals surface area contributed by atoms with Gasteiger partial charge in [0.1, 0.15) is 0 Å². The molecule has 0 saturated carbocycles. The highest BCUT2D eigenvalue weighted by Crippen LogP contribution is 2.55. The minimum absolute atomic E-state index is 1.35. The van der Waals surface area contributed by atoms with Crippen molar-refractivity contribution in [1.82, 2.24) is 0 Å². The zero-order chi connectivity index (χ0) is 22.8. The van der Waals surface area contributed by atoms with Gasteiger partial charge >= 0.3 is 24.3 Å². The van der Waals surface area contributed by atoms with Gasteiger partial charge in [0.15, 0.2) is 0 Å². The topological polar surface area (TPSA) is 130 Å². The van der Waals surface area contributed by atoms with Crippen molar-refractivity contribution in [2.24, 2.45) is 0 Å². The first kappa shape index (κ1) is 27.9. The van der Waals surface area contributed by atoms with E-state index < -0.39 is 24.3 Å². The van der Waals surface area contributed by atoms with Gasteiger partial charge in [-0.15, -0.1) is 0 Å². The van der Waals surface area contributed by atoms with Crippen LogP contribution in [0.15, 0.2) is 36.4 Å². The van der Waals surface area contributed by atoms with E-state index in [-0.39, 0.29) is 0 Å². The van der Waals surface area contributed by atoms with Crippen molar-refractivity contribution in [1.29, 1.82) is 0 Å². The molecule has 0 heterocycles. The van der Waals surface area contributed by atoms with Crippen molar-refractivity contribution >= 4 is 24.3 Å². The second-order valence-corrected chi connectivity index (χ2v) is 9.97. The molecule has 2 rings (SSSR count). The average molecular weight is 466 g/mol. The third kappa shape index (κ3) is 15.4. The molecule has 0 aliphatic carbocycles. The van der Waals surface area contributed by atoms with Crippen molar-refractivity contribution in [3.8, 4) is 0 Å². The maximum absolute atomic E-state index is 10.3. The highest BCUT2D eigenvalue weighted by Gasteiger charge is 2.25. The Morgan fingerprint density at radius 2 is 0.793 bits per heavy atom. The molecule has 0 bridgehead atoms. The van der Waals surface area contributed by atoms with Gasteiger partial charge < -0.3 is 14.7 Å². The van der Waals surface area contributed by atoms with Crippen LogP contribution in [-0.2, 0) is 22.3 Å². The molecule has 2 atom stereocenters. The lowest BCUT2D eigenvalue weighted by molar-refractivity contribution is 0.271. The van der Waals surface area contributed by atoms with Crippen LogP contribution in [0.5, 0.6) is 0 Å². The minimum Gasteiger partial charge on any atom is -0.326 e. The van der Waals surface area contributed by atoms with Gasteiger partial charge in [-0.3, -0.25) is 9.13 Å². The fourth-order valence-electron chi connectivity index (χ4n) is 2.62. The van der Waals surface area contributed by atoms with Gasteiger partial charge in [0, 0.05) is 0 Å². The summed E-state index contributed by atoms with van der Waals surface area (Å²) in [6.45, 7) is 12.8. The SMILES string of the molecule is Cc1cc(C)cc(C)c1.Cc1cc(C)cc(C)c1.O=[PH](O)OP(=O)(O)O[PH](=O)O. The summed E-state index contributed by atoms with van der Waals surface area (Å²) in [5.41, 5.74) is 8.13. The summed E-state index contributed by atoms with van der Waals surface area (Å²) in [4.78, 5) is 24.2. The number of aryl methyl sites for hydroxylation is 6. The van der Waals surface area contributed by atoms with E-state index in [1.54, 1.807) is 0 Å². The average Bonchev–Trinajstić information content (AvgIpc) is 2.41. The van der Waals surface area contributed by atoms with Crippen LogP contribution in [-0.4, -0.2) is 14.7 Å². The fourth-order valence-corrected chi connectivity index (χ4v) is 4.68. The van der Waals surface area contributed by atoms with Crippen LogP contribution in [0.4, 0.5) is 0 Å². The van der Waals surface area contributed by atoms with E-state index in [1.165, 1.54) is 33.4 Å². The summed E-state index contributed by atoms with van der Waals surface area (Å²) in [5, 5.41) is 0. The summed E-state index contributed by atoms with van der Waals surface area (Å²) in [6.07, 6.45) is 0. The van der Waals surface area contributed by atoms with Crippen molar-refractivity contribution in [3.63, 3.8) is 0 Å². The van der Waals surface area contributed by atoms with Gasteiger partial charge in [-0.2, -0.15) is 0 Å². The van der Waals surface area contributed by atoms with Gasteiger partial charge in [0.2, 0.25) is 0 Å². The normalized spacial score (nSPS) is 14.4. The second-order valence-electron chi connectivity index (χ2n) is 6.51. The molecule has 3 N–H and O–H groups in total. The Morgan fingerprint density at radius 3 is 0.931 bits per heavy atom. The largest absolute Gasteiger partial charge is 0.486 e. The van der Waals surface area contributed by atoms with Crippen molar-refractivity contribution < 1.29 is 37.0 Å². The van der Waals surface area contributed by atoms with Crippen LogP contribution in [0.25, 0.3) is 0 Å². The fraction of sp³-hybridized carbons (Fsp3) is 0.333. The summed E-state index contributed by atoms with van der Waals surface area (Å²) >= 11 is 0. The molecular weight excluding hydrogens is 437 g/mol. The third-order valence-electron chi connectivity index (χ3n) is 3.12. The van der Waals surface area contributed by atoms with Crippen molar-refractivity contribution in [3.05, 3.63) is 69.8 Å².